The van der Waals surface area contributed by atoms with E-state index in [1.54, 1.807) is 0 Å². The lowest BCUT2D eigenvalue weighted by molar-refractivity contribution is 0.538. The van der Waals surface area contributed by atoms with Gasteiger partial charge >= 0.3 is 0 Å². The zero-order valence-electron chi connectivity index (χ0n) is 9.99. The number of rotatable bonds is 7. The molecule has 3 heteroatoms. The van der Waals surface area contributed by atoms with Gasteiger partial charge in [-0.1, -0.05) is 13.8 Å². The Kier molecular flexibility index (Phi) is 5.88. The van der Waals surface area contributed by atoms with Gasteiger partial charge in [-0.05, 0) is 30.9 Å². The van der Waals surface area contributed by atoms with Crippen molar-refractivity contribution >= 4 is 11.8 Å². The lowest BCUT2D eigenvalue weighted by atomic mass is 10.2. The van der Waals surface area contributed by atoms with E-state index in [0.29, 0.717) is 0 Å². The van der Waals surface area contributed by atoms with Gasteiger partial charge in [0.1, 0.15) is 0 Å². The summed E-state index contributed by atoms with van der Waals surface area (Å²) in [6.07, 6.45) is 4.32. The van der Waals surface area contributed by atoms with Gasteiger partial charge in [-0.25, -0.2) is 0 Å². The molecule has 0 radical (unpaired) electrons. The van der Waals surface area contributed by atoms with Crippen LogP contribution in [0.1, 0.15) is 19.5 Å². The van der Waals surface area contributed by atoms with Crippen LogP contribution in [0.3, 0.4) is 0 Å². The first-order chi connectivity index (χ1) is 7.24. The van der Waals surface area contributed by atoms with Crippen molar-refractivity contribution in [3.05, 3.63) is 24.0 Å². The van der Waals surface area contributed by atoms with Crippen molar-refractivity contribution in [1.29, 1.82) is 0 Å². The second-order valence-electron chi connectivity index (χ2n) is 4.21. The maximum absolute atomic E-state index is 3.48. The molecule has 0 aliphatic carbocycles. The first kappa shape index (κ1) is 12.7. The van der Waals surface area contributed by atoms with Crippen molar-refractivity contribution in [1.82, 2.24) is 9.88 Å². The predicted octanol–water partition coefficient (Wildman–Crippen LogP) is 2.60. The third-order valence-electron chi connectivity index (χ3n) is 2.32. The fourth-order valence-corrected chi connectivity index (χ4v) is 1.89. The first-order valence-electron chi connectivity index (χ1n) is 5.57. The third-order valence-corrected chi connectivity index (χ3v) is 2.91. The smallest absolute Gasteiger partial charge is 0.0359 e. The van der Waals surface area contributed by atoms with E-state index in [4.69, 9.17) is 0 Å². The van der Waals surface area contributed by atoms with Crippen molar-refractivity contribution in [3.8, 4) is 0 Å². The molecule has 0 atom stereocenters. The van der Waals surface area contributed by atoms with E-state index in [-0.39, 0.29) is 0 Å². The average Bonchev–Trinajstić information content (AvgIpc) is 2.62. The highest BCUT2D eigenvalue weighted by molar-refractivity contribution is 7.98. The molecule has 0 bridgehead atoms. The Morgan fingerprint density at radius 1 is 1.47 bits per heavy atom. The molecule has 1 aromatic rings. The summed E-state index contributed by atoms with van der Waals surface area (Å²) in [4.78, 5) is 0. The third kappa shape index (κ3) is 4.76. The highest BCUT2D eigenvalue weighted by atomic mass is 32.2. The van der Waals surface area contributed by atoms with Gasteiger partial charge in [0.2, 0.25) is 0 Å². The van der Waals surface area contributed by atoms with E-state index in [1.807, 2.05) is 11.8 Å². The molecule has 15 heavy (non-hydrogen) atoms. The van der Waals surface area contributed by atoms with E-state index < -0.39 is 0 Å². The van der Waals surface area contributed by atoms with Gasteiger partial charge < -0.3 is 9.88 Å². The summed E-state index contributed by atoms with van der Waals surface area (Å²) in [5.74, 6) is 1.91. The van der Waals surface area contributed by atoms with E-state index in [2.05, 4.69) is 48.3 Å². The molecule has 0 saturated carbocycles. The van der Waals surface area contributed by atoms with Crippen LogP contribution in [0.2, 0.25) is 0 Å². The van der Waals surface area contributed by atoms with Crippen molar-refractivity contribution in [2.45, 2.75) is 26.9 Å². The molecule has 86 valence electrons. The van der Waals surface area contributed by atoms with Crippen LogP contribution in [0.5, 0.6) is 0 Å². The molecule has 1 N–H and O–H groups in total. The van der Waals surface area contributed by atoms with Crippen molar-refractivity contribution in [2.75, 3.05) is 18.6 Å². The SMILES string of the molecule is CSCCn1cccc1CNCC(C)C. The normalized spacial score (nSPS) is 11.2. The van der Waals surface area contributed by atoms with Gasteiger partial charge in [0.05, 0.1) is 0 Å². The number of thioether (sulfide) groups is 1. The van der Waals surface area contributed by atoms with E-state index in [0.717, 1.165) is 25.6 Å². The number of aryl methyl sites for hydroxylation is 1. The van der Waals surface area contributed by atoms with Crippen molar-refractivity contribution in [3.63, 3.8) is 0 Å². The zero-order chi connectivity index (χ0) is 11.1. The van der Waals surface area contributed by atoms with Crippen LogP contribution < -0.4 is 5.32 Å². The van der Waals surface area contributed by atoms with Crippen LogP contribution in [0.15, 0.2) is 18.3 Å². The Morgan fingerprint density at radius 3 is 2.93 bits per heavy atom. The molecule has 0 unspecified atom stereocenters. The van der Waals surface area contributed by atoms with Gasteiger partial charge in [0, 0.05) is 30.7 Å². The molecular formula is C12H22N2S. The highest BCUT2D eigenvalue weighted by Gasteiger charge is 2.00. The fraction of sp³-hybridized carbons (Fsp3) is 0.667. The second-order valence-corrected chi connectivity index (χ2v) is 5.20. The van der Waals surface area contributed by atoms with Gasteiger partial charge in [-0.3, -0.25) is 0 Å². The molecule has 0 aliphatic rings. The lowest BCUT2D eigenvalue weighted by Gasteiger charge is -2.10. The largest absolute Gasteiger partial charge is 0.349 e. The molecule has 0 aliphatic heterocycles. The number of aromatic nitrogens is 1. The Morgan fingerprint density at radius 2 is 2.27 bits per heavy atom. The van der Waals surface area contributed by atoms with Crippen LogP contribution >= 0.6 is 11.8 Å². The minimum Gasteiger partial charge on any atom is -0.349 e. The lowest BCUT2D eigenvalue weighted by Crippen LogP contribution is -2.21. The summed E-state index contributed by atoms with van der Waals surface area (Å²) < 4.78 is 2.34. The second kappa shape index (κ2) is 6.96. The topological polar surface area (TPSA) is 17.0 Å². The maximum atomic E-state index is 3.48. The molecule has 0 fully saturated rings. The molecule has 0 spiro atoms. The van der Waals surface area contributed by atoms with Crippen LogP contribution in [-0.2, 0) is 13.1 Å². The fourth-order valence-electron chi connectivity index (χ4n) is 1.51. The summed E-state index contributed by atoms with van der Waals surface area (Å²) in [7, 11) is 0. The molecule has 0 aromatic carbocycles. The zero-order valence-corrected chi connectivity index (χ0v) is 10.8. The first-order valence-corrected chi connectivity index (χ1v) is 6.97. The van der Waals surface area contributed by atoms with Crippen LogP contribution in [0, 0.1) is 5.92 Å². The summed E-state index contributed by atoms with van der Waals surface area (Å²) in [5, 5.41) is 3.48. The molecule has 2 nitrogen and oxygen atoms in total. The van der Waals surface area contributed by atoms with Gasteiger partial charge in [-0.15, -0.1) is 0 Å². The number of nitrogens with zero attached hydrogens (tertiary/aromatic N) is 1. The average molecular weight is 226 g/mol. The van der Waals surface area contributed by atoms with Crippen LogP contribution in [-0.4, -0.2) is 23.1 Å². The van der Waals surface area contributed by atoms with Crippen LogP contribution in [0.25, 0.3) is 0 Å². The van der Waals surface area contributed by atoms with Crippen LogP contribution in [0.4, 0.5) is 0 Å². The summed E-state index contributed by atoms with van der Waals surface area (Å²) in [6.45, 7) is 7.67. The quantitative estimate of drug-likeness (QED) is 0.769. The molecule has 1 heterocycles. The van der Waals surface area contributed by atoms with Gasteiger partial charge in [-0.2, -0.15) is 11.8 Å². The monoisotopic (exact) mass is 226 g/mol. The van der Waals surface area contributed by atoms with E-state index in [1.165, 1.54) is 11.4 Å². The molecular weight excluding hydrogens is 204 g/mol. The summed E-state index contributed by atoms with van der Waals surface area (Å²) in [6, 6.07) is 4.33. The van der Waals surface area contributed by atoms with Gasteiger partial charge in [0.25, 0.3) is 0 Å². The van der Waals surface area contributed by atoms with Crippen molar-refractivity contribution in [2.24, 2.45) is 5.92 Å². The molecule has 1 aromatic heterocycles. The van der Waals surface area contributed by atoms with Gasteiger partial charge in [0.15, 0.2) is 0 Å². The minimum absolute atomic E-state index is 0.722. The highest BCUT2D eigenvalue weighted by Crippen LogP contribution is 2.04. The molecule has 0 amide bonds. The Bertz CT molecular complexity index is 268. The van der Waals surface area contributed by atoms with Crippen molar-refractivity contribution < 1.29 is 0 Å². The Hall–Kier alpha value is -0.410. The molecule has 1 rings (SSSR count). The summed E-state index contributed by atoms with van der Waals surface area (Å²) >= 11 is 1.90. The number of nitrogens with one attached hydrogen (secondary N) is 1. The minimum atomic E-state index is 0.722. The maximum Gasteiger partial charge on any atom is 0.0359 e. The predicted molar refractivity (Wildman–Crippen MR) is 69.4 cm³/mol. The standard InChI is InChI=1S/C12H22N2S/c1-11(2)9-13-10-12-5-4-6-14(12)7-8-15-3/h4-6,11,13H,7-10H2,1-3H3. The number of hydrogen-bond donors (Lipinski definition) is 1. The van der Waals surface area contributed by atoms with E-state index in [9.17, 15) is 0 Å². The number of hydrogen-bond acceptors (Lipinski definition) is 2. The summed E-state index contributed by atoms with van der Waals surface area (Å²) in [5.41, 5.74) is 1.39. The molecule has 0 saturated heterocycles. The Balaban J connectivity index is 2.35. The Labute approximate surface area is 97.4 Å². The van der Waals surface area contributed by atoms with E-state index >= 15 is 0 Å².